The van der Waals surface area contributed by atoms with E-state index < -0.39 is 6.10 Å². The molecule has 4 rings (SSSR count). The molecule has 1 aromatic heterocycles. The summed E-state index contributed by atoms with van der Waals surface area (Å²) in [6.45, 7) is -0.211. The van der Waals surface area contributed by atoms with Gasteiger partial charge in [0.25, 0.3) is 5.91 Å². The molecule has 3 heterocycles. The quantitative estimate of drug-likeness (QED) is 0.741. The summed E-state index contributed by atoms with van der Waals surface area (Å²) in [5.74, 6) is 0.0278. The van der Waals surface area contributed by atoms with E-state index in [0.717, 1.165) is 5.56 Å². The van der Waals surface area contributed by atoms with Crippen molar-refractivity contribution in [1.82, 2.24) is 4.98 Å². The number of aliphatic hydroxyl groups is 1. The maximum atomic E-state index is 12.4. The van der Waals surface area contributed by atoms with Gasteiger partial charge < -0.3 is 24.6 Å². The molecule has 1 saturated heterocycles. The number of nitrogens with one attached hydrogen (secondary N) is 1. The molecule has 2 N–H and O–H groups in total. The van der Waals surface area contributed by atoms with Gasteiger partial charge >= 0.3 is 5.97 Å². The van der Waals surface area contributed by atoms with Gasteiger partial charge in [-0.15, -0.1) is 0 Å². The molecule has 2 aromatic rings. The Morgan fingerprint density at radius 2 is 2.21 bits per heavy atom. The van der Waals surface area contributed by atoms with Crippen LogP contribution in [0.15, 0.2) is 42.7 Å². The lowest BCUT2D eigenvalue weighted by Gasteiger charge is -2.36. The number of aliphatic hydroxyl groups excluding tert-OH is 1. The molecule has 0 bridgehead atoms. The number of hydrogen-bond donors (Lipinski definition) is 2. The van der Waals surface area contributed by atoms with E-state index >= 15 is 0 Å². The lowest BCUT2D eigenvalue weighted by Crippen LogP contribution is -2.46. The fraction of sp³-hybridized carbons (Fsp3) is 0.381. The Morgan fingerprint density at radius 3 is 2.93 bits per heavy atom. The summed E-state index contributed by atoms with van der Waals surface area (Å²) in [7, 11) is 1.34. The lowest BCUT2D eigenvalue weighted by atomic mass is 9.84. The highest BCUT2D eigenvalue weighted by Gasteiger charge is 2.46. The number of methoxy groups -OCH3 is 1. The van der Waals surface area contributed by atoms with Gasteiger partial charge in [0, 0.05) is 29.6 Å². The summed E-state index contributed by atoms with van der Waals surface area (Å²) >= 11 is 0. The largest absolute Gasteiger partial charge is 0.487 e. The fourth-order valence-electron chi connectivity index (χ4n) is 3.94. The second-order valence-electron chi connectivity index (χ2n) is 7.13. The number of aromatic nitrogens is 1. The molecule has 0 saturated carbocycles. The average Bonchev–Trinajstić information content (AvgIpc) is 3.11. The van der Waals surface area contributed by atoms with Gasteiger partial charge in [-0.25, -0.2) is 0 Å². The molecule has 0 spiro atoms. The van der Waals surface area contributed by atoms with E-state index in [9.17, 15) is 14.7 Å². The first-order valence-electron chi connectivity index (χ1n) is 9.44. The van der Waals surface area contributed by atoms with Crippen LogP contribution in [0.4, 0.5) is 5.69 Å². The van der Waals surface area contributed by atoms with E-state index in [4.69, 9.17) is 14.2 Å². The SMILES string of the molecule is COC(=O)C[C@H]1C[C@H]2c3cc(NC(=O)c4cccnc4)ccc3O[C@H]2[C@@H](CO)O1. The minimum absolute atomic E-state index is 0.0548. The number of carbonyl (C=O) groups is 2. The van der Waals surface area contributed by atoms with E-state index in [0.29, 0.717) is 23.4 Å². The fourth-order valence-corrected chi connectivity index (χ4v) is 3.94. The Balaban J connectivity index is 1.55. The standard InChI is InChI=1S/C21H22N2O6/c1-27-19(25)9-14-8-16-15-7-13(23-21(26)12-3-2-6-22-10-12)4-5-17(15)29-20(16)18(11-24)28-14/h2-7,10,14,16,18,20,24H,8-9,11H2,1H3,(H,23,26)/t14-,16+,18-,20-/m1/s1. The zero-order valence-corrected chi connectivity index (χ0v) is 15.9. The number of esters is 1. The van der Waals surface area contributed by atoms with Gasteiger partial charge in [-0.3, -0.25) is 14.6 Å². The summed E-state index contributed by atoms with van der Waals surface area (Å²) in [4.78, 5) is 28.0. The molecule has 29 heavy (non-hydrogen) atoms. The third-order valence-corrected chi connectivity index (χ3v) is 5.30. The van der Waals surface area contributed by atoms with E-state index in [-0.39, 0.29) is 43.0 Å². The number of pyridine rings is 1. The van der Waals surface area contributed by atoms with Crippen molar-refractivity contribution in [3.63, 3.8) is 0 Å². The molecular weight excluding hydrogens is 376 g/mol. The number of hydrogen-bond acceptors (Lipinski definition) is 7. The molecule has 8 nitrogen and oxygen atoms in total. The van der Waals surface area contributed by atoms with Crippen LogP contribution in [0.3, 0.4) is 0 Å². The number of nitrogens with zero attached hydrogens (tertiary/aromatic N) is 1. The highest BCUT2D eigenvalue weighted by atomic mass is 16.6. The van der Waals surface area contributed by atoms with Crippen LogP contribution >= 0.6 is 0 Å². The number of ether oxygens (including phenoxy) is 3. The van der Waals surface area contributed by atoms with Crippen molar-refractivity contribution < 1.29 is 28.9 Å². The Morgan fingerprint density at radius 1 is 1.34 bits per heavy atom. The average molecular weight is 398 g/mol. The molecule has 1 amide bonds. The minimum Gasteiger partial charge on any atom is -0.487 e. The number of amides is 1. The van der Waals surface area contributed by atoms with Gasteiger partial charge in [0.1, 0.15) is 18.0 Å². The Labute approximate surface area is 167 Å². The first kappa shape index (κ1) is 19.4. The van der Waals surface area contributed by atoms with E-state index in [2.05, 4.69) is 10.3 Å². The minimum atomic E-state index is -0.538. The highest BCUT2D eigenvalue weighted by Crippen LogP contribution is 2.47. The monoisotopic (exact) mass is 398 g/mol. The topological polar surface area (TPSA) is 107 Å². The first-order chi connectivity index (χ1) is 14.1. The maximum absolute atomic E-state index is 12.4. The predicted octanol–water partition coefficient (Wildman–Crippen LogP) is 1.89. The number of fused-ring (bicyclic) bond motifs is 3. The number of anilines is 1. The molecular formula is C21H22N2O6. The third-order valence-electron chi connectivity index (χ3n) is 5.30. The molecule has 2 aliphatic heterocycles. The van der Waals surface area contributed by atoms with Crippen LogP contribution in [0.5, 0.6) is 5.75 Å². The molecule has 2 aliphatic rings. The van der Waals surface area contributed by atoms with Crippen molar-refractivity contribution in [3.8, 4) is 5.75 Å². The Kier molecular flexibility index (Phi) is 5.46. The van der Waals surface area contributed by atoms with Crippen LogP contribution in [0.1, 0.15) is 34.7 Å². The van der Waals surface area contributed by atoms with Crippen LogP contribution in [0.2, 0.25) is 0 Å². The third kappa shape index (κ3) is 3.94. The van der Waals surface area contributed by atoms with Crippen molar-refractivity contribution in [2.75, 3.05) is 19.0 Å². The molecule has 1 fully saturated rings. The summed E-state index contributed by atoms with van der Waals surface area (Å²) < 4.78 is 16.6. The zero-order valence-electron chi connectivity index (χ0n) is 15.9. The molecule has 0 aliphatic carbocycles. The van der Waals surface area contributed by atoms with Crippen molar-refractivity contribution in [2.24, 2.45) is 0 Å². The van der Waals surface area contributed by atoms with Crippen LogP contribution in [0.25, 0.3) is 0 Å². The maximum Gasteiger partial charge on any atom is 0.308 e. The summed E-state index contributed by atoms with van der Waals surface area (Å²) in [6, 6.07) is 8.84. The zero-order chi connectivity index (χ0) is 20.4. The second kappa shape index (κ2) is 8.18. The Hall–Kier alpha value is -2.97. The first-order valence-corrected chi connectivity index (χ1v) is 9.44. The predicted molar refractivity (Wildman–Crippen MR) is 103 cm³/mol. The van der Waals surface area contributed by atoms with E-state index in [1.807, 2.05) is 6.07 Å². The van der Waals surface area contributed by atoms with Crippen LogP contribution in [0, 0.1) is 0 Å². The molecule has 4 atom stereocenters. The second-order valence-corrected chi connectivity index (χ2v) is 7.13. The highest BCUT2D eigenvalue weighted by molar-refractivity contribution is 6.04. The molecule has 1 aromatic carbocycles. The van der Waals surface area contributed by atoms with Crippen LogP contribution < -0.4 is 10.1 Å². The van der Waals surface area contributed by atoms with Crippen LogP contribution in [-0.2, 0) is 14.3 Å². The van der Waals surface area contributed by atoms with Crippen molar-refractivity contribution in [3.05, 3.63) is 53.9 Å². The number of benzene rings is 1. The molecule has 8 heteroatoms. The smallest absolute Gasteiger partial charge is 0.308 e. The number of carbonyl (C=O) groups excluding carboxylic acids is 2. The lowest BCUT2D eigenvalue weighted by molar-refractivity contribution is -0.156. The summed E-state index contributed by atoms with van der Waals surface area (Å²) in [5.41, 5.74) is 2.03. The molecule has 0 radical (unpaired) electrons. The van der Waals surface area contributed by atoms with Gasteiger partial charge in [0.05, 0.1) is 31.8 Å². The normalized spacial score (nSPS) is 24.8. The summed E-state index contributed by atoms with van der Waals surface area (Å²) in [6.07, 6.45) is 2.54. The van der Waals surface area contributed by atoms with Crippen molar-refractivity contribution in [2.45, 2.75) is 37.1 Å². The van der Waals surface area contributed by atoms with Gasteiger partial charge in [-0.1, -0.05) is 0 Å². The van der Waals surface area contributed by atoms with Gasteiger partial charge in [0.2, 0.25) is 0 Å². The summed E-state index contributed by atoms with van der Waals surface area (Å²) in [5, 5.41) is 12.6. The van der Waals surface area contributed by atoms with Crippen molar-refractivity contribution >= 4 is 17.6 Å². The van der Waals surface area contributed by atoms with E-state index in [1.165, 1.54) is 13.3 Å². The number of rotatable bonds is 5. The molecule has 0 unspecified atom stereocenters. The van der Waals surface area contributed by atoms with E-state index in [1.54, 1.807) is 30.5 Å². The van der Waals surface area contributed by atoms with Crippen molar-refractivity contribution in [1.29, 1.82) is 0 Å². The Bertz CT molecular complexity index is 903. The molecule has 152 valence electrons. The van der Waals surface area contributed by atoms with Gasteiger partial charge in [-0.05, 0) is 36.8 Å². The van der Waals surface area contributed by atoms with Crippen LogP contribution in [-0.4, -0.2) is 54.0 Å². The van der Waals surface area contributed by atoms with Gasteiger partial charge in [0.15, 0.2) is 0 Å². The van der Waals surface area contributed by atoms with Gasteiger partial charge in [-0.2, -0.15) is 0 Å².